The Morgan fingerprint density at radius 2 is 1.48 bits per heavy atom. The van der Waals surface area contributed by atoms with Crippen molar-refractivity contribution in [2.24, 2.45) is 0 Å². The summed E-state index contributed by atoms with van der Waals surface area (Å²) in [4.78, 5) is 0. The molecule has 0 saturated carbocycles. The number of halogens is 1. The van der Waals surface area contributed by atoms with Gasteiger partial charge < -0.3 is 0 Å². The normalized spacial score (nSPS) is 20.7. The highest BCUT2D eigenvalue weighted by Crippen LogP contribution is 2.33. The molecule has 3 rings (SSSR count). The minimum atomic E-state index is -0.0632. The first-order valence-corrected chi connectivity index (χ1v) is 8.70. The molecule has 0 amide bonds. The quantitative estimate of drug-likeness (QED) is 0.519. The molecular formula is C22H21Br. The molecule has 0 radical (unpaired) electrons. The van der Waals surface area contributed by atoms with E-state index < -0.39 is 0 Å². The fourth-order valence-corrected chi connectivity index (χ4v) is 3.01. The largest absolute Gasteiger partial charge is 0.0762 e. The van der Waals surface area contributed by atoms with Crippen LogP contribution in [0.15, 0.2) is 78.4 Å². The highest BCUT2D eigenvalue weighted by atomic mass is 79.9. The van der Waals surface area contributed by atoms with Crippen LogP contribution < -0.4 is 0 Å². The van der Waals surface area contributed by atoms with Crippen LogP contribution in [0.5, 0.6) is 0 Å². The van der Waals surface area contributed by atoms with Crippen LogP contribution in [0.25, 0.3) is 16.7 Å². The van der Waals surface area contributed by atoms with Crippen molar-refractivity contribution in [1.29, 1.82) is 0 Å². The van der Waals surface area contributed by atoms with E-state index in [0.717, 1.165) is 0 Å². The van der Waals surface area contributed by atoms with Gasteiger partial charge in [0.1, 0.15) is 0 Å². The lowest BCUT2D eigenvalue weighted by molar-refractivity contribution is 0.949. The lowest BCUT2D eigenvalue weighted by atomic mass is 9.97. The standard InChI is InChI=1S/C22H21Br/c1-16-6-4-5-7-21(16)20-12-10-18(11-13-20)19-9-8-17(2)22(3,23)15-14-19/h4-15H,1-3H3. The maximum atomic E-state index is 3.77. The number of alkyl halides is 1. The Morgan fingerprint density at radius 1 is 0.826 bits per heavy atom. The van der Waals surface area contributed by atoms with Gasteiger partial charge in [0.2, 0.25) is 0 Å². The van der Waals surface area contributed by atoms with E-state index in [4.69, 9.17) is 0 Å². The first kappa shape index (κ1) is 16.0. The third-order valence-electron chi connectivity index (χ3n) is 4.53. The van der Waals surface area contributed by atoms with Gasteiger partial charge in [0.15, 0.2) is 0 Å². The van der Waals surface area contributed by atoms with Crippen LogP contribution in [0, 0.1) is 6.92 Å². The Balaban J connectivity index is 1.93. The molecule has 1 heteroatoms. The van der Waals surface area contributed by atoms with E-state index >= 15 is 0 Å². The van der Waals surface area contributed by atoms with Crippen molar-refractivity contribution in [3.05, 3.63) is 89.5 Å². The Bertz CT molecular complexity index is 802. The summed E-state index contributed by atoms with van der Waals surface area (Å²) in [5, 5.41) is 0. The summed E-state index contributed by atoms with van der Waals surface area (Å²) in [6, 6.07) is 17.3. The van der Waals surface area contributed by atoms with E-state index in [0.29, 0.717) is 0 Å². The van der Waals surface area contributed by atoms with Crippen molar-refractivity contribution in [3.63, 3.8) is 0 Å². The maximum Gasteiger partial charge on any atom is 0.0621 e. The molecule has 1 atom stereocenters. The molecule has 116 valence electrons. The van der Waals surface area contributed by atoms with Gasteiger partial charge in [0.05, 0.1) is 4.32 Å². The van der Waals surface area contributed by atoms with Crippen molar-refractivity contribution in [1.82, 2.24) is 0 Å². The van der Waals surface area contributed by atoms with Crippen LogP contribution >= 0.6 is 15.9 Å². The number of benzene rings is 2. The Hall–Kier alpha value is -1.86. The molecule has 1 unspecified atom stereocenters. The van der Waals surface area contributed by atoms with Crippen molar-refractivity contribution in [3.8, 4) is 11.1 Å². The number of aryl methyl sites for hydroxylation is 1. The summed E-state index contributed by atoms with van der Waals surface area (Å²) in [5.41, 5.74) is 7.66. The van der Waals surface area contributed by atoms with Gasteiger partial charge in [-0.3, -0.25) is 0 Å². The lowest BCUT2D eigenvalue weighted by Gasteiger charge is -2.17. The second kappa shape index (κ2) is 6.33. The maximum absolute atomic E-state index is 3.77. The first-order valence-electron chi connectivity index (χ1n) is 7.91. The van der Waals surface area contributed by atoms with Crippen LogP contribution in [0.2, 0.25) is 0 Å². The fourth-order valence-electron chi connectivity index (χ4n) is 2.74. The van der Waals surface area contributed by atoms with Crippen LogP contribution in [0.4, 0.5) is 0 Å². The zero-order chi connectivity index (χ0) is 16.4. The molecule has 0 spiro atoms. The summed E-state index contributed by atoms with van der Waals surface area (Å²) < 4.78 is -0.0632. The predicted octanol–water partition coefficient (Wildman–Crippen LogP) is 6.72. The van der Waals surface area contributed by atoms with Crippen molar-refractivity contribution in [2.45, 2.75) is 25.1 Å². The van der Waals surface area contributed by atoms with Crippen LogP contribution in [-0.4, -0.2) is 4.32 Å². The van der Waals surface area contributed by atoms with Gasteiger partial charge in [-0.2, -0.15) is 0 Å². The number of allylic oxidation sites excluding steroid dienone is 6. The fraction of sp³-hybridized carbons (Fsp3) is 0.182. The van der Waals surface area contributed by atoms with Gasteiger partial charge in [-0.25, -0.2) is 0 Å². The number of hydrogen-bond donors (Lipinski definition) is 0. The van der Waals surface area contributed by atoms with E-state index in [-0.39, 0.29) is 4.32 Å². The van der Waals surface area contributed by atoms with E-state index in [1.54, 1.807) is 0 Å². The van der Waals surface area contributed by atoms with E-state index in [2.05, 4.69) is 110 Å². The molecule has 0 aromatic heterocycles. The molecule has 0 nitrogen and oxygen atoms in total. The highest BCUT2D eigenvalue weighted by Gasteiger charge is 2.19. The van der Waals surface area contributed by atoms with Crippen molar-refractivity contribution >= 4 is 21.5 Å². The monoisotopic (exact) mass is 364 g/mol. The van der Waals surface area contributed by atoms with E-state index in [1.165, 1.54) is 33.4 Å². The first-order chi connectivity index (χ1) is 11.0. The van der Waals surface area contributed by atoms with Crippen molar-refractivity contribution < 1.29 is 0 Å². The minimum Gasteiger partial charge on any atom is -0.0762 e. The lowest BCUT2D eigenvalue weighted by Crippen LogP contribution is -2.12. The van der Waals surface area contributed by atoms with Crippen LogP contribution in [0.1, 0.15) is 25.0 Å². The van der Waals surface area contributed by atoms with Crippen LogP contribution in [0.3, 0.4) is 0 Å². The average molecular weight is 365 g/mol. The second-order valence-corrected chi connectivity index (χ2v) is 7.92. The zero-order valence-corrected chi connectivity index (χ0v) is 15.4. The summed E-state index contributed by atoms with van der Waals surface area (Å²) >= 11 is 3.77. The van der Waals surface area contributed by atoms with Gasteiger partial charge >= 0.3 is 0 Å². The molecule has 0 heterocycles. The predicted molar refractivity (Wildman–Crippen MR) is 105 cm³/mol. The summed E-state index contributed by atoms with van der Waals surface area (Å²) in [6.07, 6.45) is 8.80. The summed E-state index contributed by atoms with van der Waals surface area (Å²) in [5.74, 6) is 0. The SMILES string of the molecule is CC1=CC=C(c2ccc(-c3ccccc3C)cc2)C=CC1(C)Br. The van der Waals surface area contributed by atoms with Gasteiger partial charge in [0.25, 0.3) is 0 Å². The number of rotatable bonds is 2. The third-order valence-corrected chi connectivity index (χ3v) is 5.42. The molecule has 0 fully saturated rings. The molecule has 2 aromatic carbocycles. The molecule has 2 aromatic rings. The number of hydrogen-bond acceptors (Lipinski definition) is 0. The molecule has 0 N–H and O–H groups in total. The summed E-state index contributed by atoms with van der Waals surface area (Å²) in [7, 11) is 0. The topological polar surface area (TPSA) is 0 Å². The average Bonchev–Trinajstić information content (AvgIpc) is 2.68. The zero-order valence-electron chi connectivity index (χ0n) is 13.8. The highest BCUT2D eigenvalue weighted by molar-refractivity contribution is 9.10. The van der Waals surface area contributed by atoms with E-state index in [9.17, 15) is 0 Å². The van der Waals surface area contributed by atoms with Crippen molar-refractivity contribution in [2.75, 3.05) is 0 Å². The summed E-state index contributed by atoms with van der Waals surface area (Å²) in [6.45, 7) is 6.48. The molecule has 1 aliphatic carbocycles. The second-order valence-electron chi connectivity index (χ2n) is 6.27. The van der Waals surface area contributed by atoms with Crippen LogP contribution in [-0.2, 0) is 0 Å². The Morgan fingerprint density at radius 3 is 2.17 bits per heavy atom. The molecule has 1 aliphatic rings. The van der Waals surface area contributed by atoms with Gasteiger partial charge in [-0.05, 0) is 48.6 Å². The third kappa shape index (κ3) is 3.40. The van der Waals surface area contributed by atoms with Gasteiger partial charge in [-0.1, -0.05) is 94.3 Å². The molecule has 23 heavy (non-hydrogen) atoms. The Labute approximate surface area is 147 Å². The molecule has 0 aliphatic heterocycles. The van der Waals surface area contributed by atoms with Gasteiger partial charge in [-0.15, -0.1) is 0 Å². The van der Waals surface area contributed by atoms with Gasteiger partial charge in [0, 0.05) is 0 Å². The molecule has 0 bridgehead atoms. The Kier molecular flexibility index (Phi) is 4.41. The molecular weight excluding hydrogens is 344 g/mol. The van der Waals surface area contributed by atoms with E-state index in [1.807, 2.05) is 0 Å². The smallest absolute Gasteiger partial charge is 0.0621 e. The minimum absolute atomic E-state index is 0.0632. The molecule has 0 saturated heterocycles.